The van der Waals surface area contributed by atoms with Crippen LogP contribution in [-0.4, -0.2) is 12.5 Å². The van der Waals surface area contributed by atoms with Crippen LogP contribution in [0.25, 0.3) is 0 Å². The minimum Gasteiger partial charge on any atom is -0.356 e. The average Bonchev–Trinajstić information content (AvgIpc) is 2.47. The highest BCUT2D eigenvalue weighted by atomic mass is 16.1. The van der Waals surface area contributed by atoms with Crippen molar-refractivity contribution in [1.29, 1.82) is 0 Å². The molecule has 0 heterocycles. The lowest BCUT2D eigenvalue weighted by Crippen LogP contribution is -2.27. The number of benzene rings is 1. The van der Waals surface area contributed by atoms with E-state index in [-0.39, 0.29) is 5.91 Å². The van der Waals surface area contributed by atoms with E-state index >= 15 is 0 Å². The van der Waals surface area contributed by atoms with Crippen molar-refractivity contribution < 1.29 is 4.79 Å². The van der Waals surface area contributed by atoms with Crippen molar-refractivity contribution in [3.63, 3.8) is 0 Å². The molecule has 1 N–H and O–H groups in total. The number of nitrogens with one attached hydrogen (secondary N) is 1. The molecule has 1 atom stereocenters. The van der Waals surface area contributed by atoms with Gasteiger partial charge in [0.15, 0.2) is 0 Å². The van der Waals surface area contributed by atoms with E-state index < -0.39 is 0 Å². The number of carbonyl (C=O) groups excluding carboxylic acids is 1. The highest BCUT2D eigenvalue weighted by Crippen LogP contribution is 2.38. The third kappa shape index (κ3) is 4.09. The van der Waals surface area contributed by atoms with E-state index in [9.17, 15) is 4.79 Å². The van der Waals surface area contributed by atoms with Crippen LogP contribution in [-0.2, 0) is 4.79 Å². The Balaban J connectivity index is 2.10. The molecule has 0 aliphatic heterocycles. The first-order chi connectivity index (χ1) is 9.31. The first-order valence-corrected chi connectivity index (χ1v) is 7.63. The minimum atomic E-state index is 0.196. The van der Waals surface area contributed by atoms with Crippen LogP contribution in [0.4, 0.5) is 0 Å². The van der Waals surface area contributed by atoms with Gasteiger partial charge in [0.1, 0.15) is 0 Å². The van der Waals surface area contributed by atoms with Gasteiger partial charge in [-0.15, -0.1) is 0 Å². The predicted octanol–water partition coefficient (Wildman–Crippen LogP) is 3.88. The average molecular weight is 259 g/mol. The number of hydrogen-bond donors (Lipinski definition) is 1. The zero-order chi connectivity index (χ0) is 13.5. The lowest BCUT2D eigenvalue weighted by molar-refractivity contribution is -0.121. The fraction of sp³-hybridized carbons (Fsp3) is 0.588. The summed E-state index contributed by atoms with van der Waals surface area (Å²) in [5, 5.41) is 2.95. The molecule has 1 amide bonds. The normalized spacial score (nSPS) is 17.9. The SMILES string of the molecule is CCNC(=O)CC(c1ccccc1)C1CCCCC1. The molecule has 104 valence electrons. The molecule has 1 fully saturated rings. The van der Waals surface area contributed by atoms with Crippen LogP contribution < -0.4 is 5.32 Å². The number of carbonyl (C=O) groups is 1. The van der Waals surface area contributed by atoms with Gasteiger partial charge < -0.3 is 5.32 Å². The largest absolute Gasteiger partial charge is 0.356 e. The summed E-state index contributed by atoms with van der Waals surface area (Å²) < 4.78 is 0. The number of hydrogen-bond acceptors (Lipinski definition) is 1. The fourth-order valence-corrected chi connectivity index (χ4v) is 3.26. The van der Waals surface area contributed by atoms with Gasteiger partial charge >= 0.3 is 0 Å². The second kappa shape index (κ2) is 7.32. The molecular weight excluding hydrogens is 234 g/mol. The Bertz CT molecular complexity index is 382. The Morgan fingerprint density at radius 1 is 1.21 bits per heavy atom. The van der Waals surface area contributed by atoms with E-state index in [4.69, 9.17) is 0 Å². The van der Waals surface area contributed by atoms with Crippen LogP contribution in [0.1, 0.15) is 56.9 Å². The fourth-order valence-electron chi connectivity index (χ4n) is 3.26. The van der Waals surface area contributed by atoms with Gasteiger partial charge in [-0.1, -0.05) is 49.6 Å². The maximum absolute atomic E-state index is 12.0. The highest BCUT2D eigenvalue weighted by Gasteiger charge is 2.26. The minimum absolute atomic E-state index is 0.196. The molecular formula is C17H25NO. The first-order valence-electron chi connectivity index (χ1n) is 7.63. The zero-order valence-electron chi connectivity index (χ0n) is 11.9. The molecule has 2 rings (SSSR count). The third-order valence-electron chi connectivity index (χ3n) is 4.23. The highest BCUT2D eigenvalue weighted by molar-refractivity contribution is 5.76. The summed E-state index contributed by atoms with van der Waals surface area (Å²) in [4.78, 5) is 12.0. The Morgan fingerprint density at radius 3 is 2.53 bits per heavy atom. The predicted molar refractivity (Wildman–Crippen MR) is 79.1 cm³/mol. The Morgan fingerprint density at radius 2 is 1.89 bits per heavy atom. The summed E-state index contributed by atoms with van der Waals surface area (Å²) in [5.41, 5.74) is 1.33. The maximum Gasteiger partial charge on any atom is 0.220 e. The second-order valence-electron chi connectivity index (χ2n) is 5.57. The van der Waals surface area contributed by atoms with Crippen LogP contribution in [0, 0.1) is 5.92 Å². The van der Waals surface area contributed by atoms with E-state index in [1.807, 2.05) is 13.0 Å². The summed E-state index contributed by atoms with van der Waals surface area (Å²) in [7, 11) is 0. The molecule has 1 aliphatic rings. The standard InChI is InChI=1S/C17H25NO/c1-2-18-17(19)13-16(14-9-5-3-6-10-14)15-11-7-4-8-12-15/h3,5-6,9-10,15-16H,2,4,7-8,11-13H2,1H3,(H,18,19). The molecule has 1 unspecified atom stereocenters. The second-order valence-corrected chi connectivity index (χ2v) is 5.57. The van der Waals surface area contributed by atoms with Gasteiger partial charge in [-0.05, 0) is 37.2 Å². The molecule has 0 spiro atoms. The third-order valence-corrected chi connectivity index (χ3v) is 4.23. The van der Waals surface area contributed by atoms with Crippen LogP contribution in [0.2, 0.25) is 0 Å². The molecule has 0 aromatic heterocycles. The molecule has 2 heteroatoms. The molecule has 0 saturated heterocycles. The molecule has 2 nitrogen and oxygen atoms in total. The van der Waals surface area contributed by atoms with Gasteiger partial charge in [-0.2, -0.15) is 0 Å². The monoisotopic (exact) mass is 259 g/mol. The van der Waals surface area contributed by atoms with Gasteiger partial charge in [0.25, 0.3) is 0 Å². The van der Waals surface area contributed by atoms with Crippen molar-refractivity contribution in [2.45, 2.75) is 51.4 Å². The summed E-state index contributed by atoms with van der Waals surface area (Å²) in [6.07, 6.45) is 7.20. The van der Waals surface area contributed by atoms with Gasteiger partial charge in [-0.3, -0.25) is 4.79 Å². The number of amides is 1. The Labute approximate surface area is 116 Å². The van der Waals surface area contributed by atoms with Crippen molar-refractivity contribution in [2.24, 2.45) is 5.92 Å². The van der Waals surface area contributed by atoms with Gasteiger partial charge in [0.05, 0.1) is 0 Å². The van der Waals surface area contributed by atoms with Crippen molar-refractivity contribution >= 4 is 5.91 Å². The topological polar surface area (TPSA) is 29.1 Å². The smallest absolute Gasteiger partial charge is 0.220 e. The van der Waals surface area contributed by atoms with E-state index in [1.54, 1.807) is 0 Å². The molecule has 1 aliphatic carbocycles. The van der Waals surface area contributed by atoms with Crippen molar-refractivity contribution in [2.75, 3.05) is 6.54 Å². The van der Waals surface area contributed by atoms with Crippen molar-refractivity contribution in [3.05, 3.63) is 35.9 Å². The van der Waals surface area contributed by atoms with Gasteiger partial charge in [0, 0.05) is 13.0 Å². The zero-order valence-corrected chi connectivity index (χ0v) is 11.9. The van der Waals surface area contributed by atoms with E-state index in [0.29, 0.717) is 18.3 Å². The van der Waals surface area contributed by atoms with Gasteiger partial charge in [-0.25, -0.2) is 0 Å². The molecule has 1 aromatic carbocycles. The van der Waals surface area contributed by atoms with Crippen molar-refractivity contribution in [3.8, 4) is 0 Å². The van der Waals surface area contributed by atoms with E-state index in [0.717, 1.165) is 6.54 Å². The van der Waals surface area contributed by atoms with Crippen LogP contribution in [0.15, 0.2) is 30.3 Å². The summed E-state index contributed by atoms with van der Waals surface area (Å²) in [6.45, 7) is 2.71. The van der Waals surface area contributed by atoms with Gasteiger partial charge in [0.2, 0.25) is 5.91 Å². The quantitative estimate of drug-likeness (QED) is 0.854. The van der Waals surface area contributed by atoms with Crippen LogP contribution in [0.3, 0.4) is 0 Å². The molecule has 1 saturated carbocycles. The lowest BCUT2D eigenvalue weighted by Gasteiger charge is -2.30. The molecule has 0 bridgehead atoms. The summed E-state index contributed by atoms with van der Waals surface area (Å²) >= 11 is 0. The maximum atomic E-state index is 12.0. The summed E-state index contributed by atoms with van der Waals surface area (Å²) in [5.74, 6) is 1.27. The van der Waals surface area contributed by atoms with E-state index in [1.165, 1.54) is 37.7 Å². The Kier molecular flexibility index (Phi) is 5.44. The van der Waals surface area contributed by atoms with E-state index in [2.05, 4.69) is 29.6 Å². The Hall–Kier alpha value is -1.31. The lowest BCUT2D eigenvalue weighted by atomic mass is 9.75. The molecule has 0 radical (unpaired) electrons. The first kappa shape index (κ1) is 14.1. The number of rotatable bonds is 5. The molecule has 19 heavy (non-hydrogen) atoms. The molecule has 1 aromatic rings. The van der Waals surface area contributed by atoms with Crippen LogP contribution in [0.5, 0.6) is 0 Å². The van der Waals surface area contributed by atoms with Crippen molar-refractivity contribution in [1.82, 2.24) is 5.32 Å². The van der Waals surface area contributed by atoms with Crippen LogP contribution >= 0.6 is 0 Å². The summed E-state index contributed by atoms with van der Waals surface area (Å²) in [6, 6.07) is 10.6.